The molecule has 1 aromatic heterocycles. The topological polar surface area (TPSA) is 63.2 Å². The Kier molecular flexibility index (Phi) is 5.86. The van der Waals surface area contributed by atoms with Crippen molar-refractivity contribution in [2.24, 2.45) is 5.92 Å². The summed E-state index contributed by atoms with van der Waals surface area (Å²) in [4.78, 5) is 2.45. The number of aryl methyl sites for hydroxylation is 2. The molecule has 4 rings (SSSR count). The van der Waals surface area contributed by atoms with E-state index in [0.717, 1.165) is 49.3 Å². The average Bonchev–Trinajstić information content (AvgIpc) is 2.77. The summed E-state index contributed by atoms with van der Waals surface area (Å²) in [5.74, 6) is 1.41. The first-order valence-corrected chi connectivity index (χ1v) is 11.9. The maximum atomic E-state index is 12.9. The molecule has 2 heterocycles. The molecule has 2 aromatic carbocycles. The smallest absolute Gasteiger partial charge is 0.225 e. The van der Waals surface area contributed by atoms with Gasteiger partial charge in [-0.05, 0) is 80.0 Å². The van der Waals surface area contributed by atoms with E-state index in [-0.39, 0.29) is 9.92 Å². The summed E-state index contributed by atoms with van der Waals surface area (Å²) >= 11 is 0. The normalized spacial score (nSPS) is 15.3. The first-order chi connectivity index (χ1) is 14.4. The number of aromatic nitrogens is 2. The summed E-state index contributed by atoms with van der Waals surface area (Å²) < 4.78 is 25.8. The van der Waals surface area contributed by atoms with Crippen LogP contribution in [0, 0.1) is 19.8 Å². The molecule has 0 amide bonds. The van der Waals surface area contributed by atoms with Gasteiger partial charge in [0.25, 0.3) is 0 Å². The Hall–Kier alpha value is -2.73. The summed E-state index contributed by atoms with van der Waals surface area (Å²) in [5.41, 5.74) is 3.39. The molecule has 1 saturated heterocycles. The van der Waals surface area contributed by atoms with E-state index in [1.54, 1.807) is 24.3 Å². The molecular formula is C24H27N3O2S. The first-order valence-electron chi connectivity index (χ1n) is 10.4. The number of anilines is 1. The minimum Gasteiger partial charge on any atom is -0.355 e. The third-order valence-corrected chi connectivity index (χ3v) is 7.64. The Labute approximate surface area is 178 Å². The number of rotatable bonds is 5. The molecule has 0 radical (unpaired) electrons. The SMILES string of the molecule is Cc1ccc(S(=O)(=O)c2ccc(N3CCC(Cc4ccccc4)CC3)nn2)cc1C. The van der Waals surface area contributed by atoms with Crippen LogP contribution in [-0.2, 0) is 16.3 Å². The Bertz CT molecular complexity index is 1100. The maximum Gasteiger partial charge on any atom is 0.225 e. The molecular weight excluding hydrogens is 394 g/mol. The largest absolute Gasteiger partial charge is 0.355 e. The molecule has 5 nitrogen and oxygen atoms in total. The lowest BCUT2D eigenvalue weighted by Gasteiger charge is -2.32. The molecule has 1 fully saturated rings. The van der Waals surface area contributed by atoms with Gasteiger partial charge in [0, 0.05) is 13.1 Å². The van der Waals surface area contributed by atoms with Gasteiger partial charge in [-0.1, -0.05) is 36.4 Å². The third-order valence-electron chi connectivity index (χ3n) is 6.00. The molecule has 0 spiro atoms. The number of benzene rings is 2. The molecule has 0 atom stereocenters. The highest BCUT2D eigenvalue weighted by atomic mass is 32.2. The van der Waals surface area contributed by atoms with Crippen molar-refractivity contribution >= 4 is 15.7 Å². The quantitative estimate of drug-likeness (QED) is 0.612. The Morgan fingerprint density at radius 3 is 2.27 bits per heavy atom. The predicted octanol–water partition coefficient (Wildman–Crippen LogP) is 4.39. The van der Waals surface area contributed by atoms with Gasteiger partial charge in [0.1, 0.15) is 0 Å². The summed E-state index contributed by atoms with van der Waals surface area (Å²) in [6, 6.07) is 19.1. The molecule has 0 N–H and O–H groups in total. The van der Waals surface area contributed by atoms with Crippen LogP contribution in [0.5, 0.6) is 0 Å². The Morgan fingerprint density at radius 1 is 0.900 bits per heavy atom. The van der Waals surface area contributed by atoms with Gasteiger partial charge in [-0.25, -0.2) is 8.42 Å². The van der Waals surface area contributed by atoms with Gasteiger partial charge in [-0.15, -0.1) is 10.2 Å². The lowest BCUT2D eigenvalue weighted by molar-refractivity contribution is 0.401. The molecule has 1 aliphatic rings. The van der Waals surface area contributed by atoms with Gasteiger partial charge >= 0.3 is 0 Å². The lowest BCUT2D eigenvalue weighted by atomic mass is 9.90. The van der Waals surface area contributed by atoms with Crippen molar-refractivity contribution in [1.29, 1.82) is 0 Å². The Balaban J connectivity index is 1.42. The van der Waals surface area contributed by atoms with Gasteiger partial charge in [0.15, 0.2) is 10.8 Å². The second-order valence-electron chi connectivity index (χ2n) is 8.10. The predicted molar refractivity (Wildman–Crippen MR) is 118 cm³/mol. The van der Waals surface area contributed by atoms with Crippen LogP contribution in [0.4, 0.5) is 5.82 Å². The third kappa shape index (κ3) is 4.38. The zero-order valence-electron chi connectivity index (χ0n) is 17.5. The van der Waals surface area contributed by atoms with E-state index in [1.165, 1.54) is 5.56 Å². The fraction of sp³-hybridized carbons (Fsp3) is 0.333. The highest BCUT2D eigenvalue weighted by molar-refractivity contribution is 7.91. The van der Waals surface area contributed by atoms with Crippen LogP contribution < -0.4 is 4.90 Å². The highest BCUT2D eigenvalue weighted by Crippen LogP contribution is 2.26. The molecule has 30 heavy (non-hydrogen) atoms. The van der Waals surface area contributed by atoms with E-state index in [9.17, 15) is 8.42 Å². The van der Waals surface area contributed by atoms with E-state index in [4.69, 9.17) is 0 Å². The molecule has 0 aliphatic carbocycles. The second-order valence-corrected chi connectivity index (χ2v) is 10.00. The van der Waals surface area contributed by atoms with Crippen LogP contribution >= 0.6 is 0 Å². The van der Waals surface area contributed by atoms with Crippen molar-refractivity contribution in [2.75, 3.05) is 18.0 Å². The minimum atomic E-state index is -3.66. The monoisotopic (exact) mass is 421 g/mol. The van der Waals surface area contributed by atoms with E-state index < -0.39 is 9.84 Å². The van der Waals surface area contributed by atoms with Crippen LogP contribution in [0.25, 0.3) is 0 Å². The lowest BCUT2D eigenvalue weighted by Crippen LogP contribution is -2.35. The van der Waals surface area contributed by atoms with Crippen molar-refractivity contribution < 1.29 is 8.42 Å². The van der Waals surface area contributed by atoms with E-state index in [0.29, 0.717) is 5.92 Å². The highest BCUT2D eigenvalue weighted by Gasteiger charge is 2.23. The van der Waals surface area contributed by atoms with E-state index in [1.807, 2.05) is 19.9 Å². The standard InChI is InChI=1S/C24H27N3O2S/c1-18-8-9-22(16-19(18)2)30(28,29)24-11-10-23(25-26-24)27-14-12-21(13-15-27)17-20-6-4-3-5-7-20/h3-11,16,21H,12-15,17H2,1-2H3. The van der Waals surface area contributed by atoms with Crippen molar-refractivity contribution in [2.45, 2.75) is 43.0 Å². The molecule has 0 saturated carbocycles. The first kappa shape index (κ1) is 20.5. The van der Waals surface area contributed by atoms with Crippen LogP contribution in [0.3, 0.4) is 0 Å². The van der Waals surface area contributed by atoms with Crippen LogP contribution in [-0.4, -0.2) is 31.7 Å². The van der Waals surface area contributed by atoms with Gasteiger partial charge in [-0.2, -0.15) is 0 Å². The number of hydrogen-bond donors (Lipinski definition) is 0. The minimum absolute atomic E-state index is 0.00605. The summed E-state index contributed by atoms with van der Waals surface area (Å²) in [7, 11) is -3.66. The van der Waals surface area contributed by atoms with Crippen molar-refractivity contribution in [3.05, 3.63) is 77.4 Å². The van der Waals surface area contributed by atoms with Crippen molar-refractivity contribution in [3.8, 4) is 0 Å². The van der Waals surface area contributed by atoms with Crippen molar-refractivity contribution in [3.63, 3.8) is 0 Å². The molecule has 0 bridgehead atoms. The molecule has 0 unspecified atom stereocenters. The number of sulfone groups is 1. The Morgan fingerprint density at radius 2 is 1.63 bits per heavy atom. The molecule has 6 heteroatoms. The summed E-state index contributed by atoms with van der Waals surface area (Å²) in [5, 5.41) is 8.30. The van der Waals surface area contributed by atoms with Gasteiger partial charge < -0.3 is 4.90 Å². The average molecular weight is 422 g/mol. The number of piperidine rings is 1. The maximum absolute atomic E-state index is 12.9. The van der Waals surface area contributed by atoms with Gasteiger partial charge in [-0.3, -0.25) is 0 Å². The van der Waals surface area contributed by atoms with E-state index in [2.05, 4.69) is 45.4 Å². The van der Waals surface area contributed by atoms with E-state index >= 15 is 0 Å². The number of hydrogen-bond acceptors (Lipinski definition) is 5. The van der Waals surface area contributed by atoms with Gasteiger partial charge in [0.2, 0.25) is 9.84 Å². The van der Waals surface area contributed by atoms with Crippen LogP contribution in [0.15, 0.2) is 70.6 Å². The van der Waals surface area contributed by atoms with Crippen LogP contribution in [0.1, 0.15) is 29.5 Å². The fourth-order valence-electron chi connectivity index (χ4n) is 3.94. The molecule has 1 aliphatic heterocycles. The zero-order chi connectivity index (χ0) is 21.1. The fourth-order valence-corrected chi connectivity index (χ4v) is 5.16. The van der Waals surface area contributed by atoms with Crippen molar-refractivity contribution in [1.82, 2.24) is 10.2 Å². The molecule has 156 valence electrons. The zero-order valence-corrected chi connectivity index (χ0v) is 18.3. The van der Waals surface area contributed by atoms with Gasteiger partial charge in [0.05, 0.1) is 4.90 Å². The number of nitrogens with zero attached hydrogens (tertiary/aromatic N) is 3. The second kappa shape index (κ2) is 8.56. The summed E-state index contributed by atoms with van der Waals surface area (Å²) in [6.07, 6.45) is 3.30. The molecule has 3 aromatic rings. The summed E-state index contributed by atoms with van der Waals surface area (Å²) in [6.45, 7) is 5.69. The van der Waals surface area contributed by atoms with Crippen LogP contribution in [0.2, 0.25) is 0 Å².